The molecule has 0 saturated heterocycles. The number of Topliss-reactive ketones (excluding diaryl/α,β-unsaturated/α-hetero) is 2. The Morgan fingerprint density at radius 1 is 1.11 bits per heavy atom. The van der Waals surface area contributed by atoms with Crippen molar-refractivity contribution >= 4 is 11.6 Å². The number of rotatable bonds is 4. The lowest BCUT2D eigenvalue weighted by molar-refractivity contribution is -0.125. The van der Waals surface area contributed by atoms with Crippen LogP contribution in [0.1, 0.15) is 51.0 Å². The summed E-state index contributed by atoms with van der Waals surface area (Å²) in [5, 5.41) is 0. The number of ketones is 2. The van der Waals surface area contributed by atoms with Crippen LogP contribution in [0.15, 0.2) is 30.3 Å². The Labute approximate surface area is 115 Å². The highest BCUT2D eigenvalue weighted by atomic mass is 16.1. The molecule has 0 unspecified atom stereocenters. The summed E-state index contributed by atoms with van der Waals surface area (Å²) in [7, 11) is 0. The predicted molar refractivity (Wildman–Crippen MR) is 76.0 cm³/mol. The number of carbonyl (C=O) groups excluding carboxylic acids is 2. The van der Waals surface area contributed by atoms with Crippen molar-refractivity contribution in [3.63, 3.8) is 0 Å². The highest BCUT2D eigenvalue weighted by molar-refractivity contribution is 5.82. The standard InChI is InChI=1S/C17H22O2/c1-12(18)11-15-9-6-10-16(17(15)13(2)19)14-7-4-3-5-8-14/h3-5,7-8,15-17H,6,9-11H2,1-2H3/t15-,16+,17-/m0/s1. The third-order valence-electron chi connectivity index (χ3n) is 4.28. The SMILES string of the molecule is CC(=O)C[C@@H]1CCC[C@H](c2ccccc2)[C@H]1C(C)=O. The van der Waals surface area contributed by atoms with Crippen molar-refractivity contribution in [2.75, 3.05) is 0 Å². The number of benzene rings is 1. The predicted octanol–water partition coefficient (Wildman–Crippen LogP) is 3.75. The summed E-state index contributed by atoms with van der Waals surface area (Å²) in [6.07, 6.45) is 3.73. The Bertz CT molecular complexity index is 450. The normalized spacial score (nSPS) is 26.9. The molecule has 0 N–H and O–H groups in total. The van der Waals surface area contributed by atoms with E-state index < -0.39 is 0 Å². The molecule has 1 aliphatic rings. The van der Waals surface area contributed by atoms with Gasteiger partial charge in [0.1, 0.15) is 11.6 Å². The van der Waals surface area contributed by atoms with Crippen LogP contribution < -0.4 is 0 Å². The third-order valence-corrected chi connectivity index (χ3v) is 4.28. The highest BCUT2D eigenvalue weighted by Crippen LogP contribution is 2.43. The molecule has 0 aliphatic heterocycles. The van der Waals surface area contributed by atoms with E-state index in [0.29, 0.717) is 6.42 Å². The van der Waals surface area contributed by atoms with Gasteiger partial charge in [-0.3, -0.25) is 4.79 Å². The molecular formula is C17H22O2. The van der Waals surface area contributed by atoms with Crippen molar-refractivity contribution in [1.29, 1.82) is 0 Å². The summed E-state index contributed by atoms with van der Waals surface area (Å²) < 4.78 is 0. The summed E-state index contributed by atoms with van der Waals surface area (Å²) in [6, 6.07) is 10.3. The molecule has 0 aromatic heterocycles. The van der Waals surface area contributed by atoms with Crippen molar-refractivity contribution in [3.8, 4) is 0 Å². The van der Waals surface area contributed by atoms with Gasteiger partial charge >= 0.3 is 0 Å². The van der Waals surface area contributed by atoms with Crippen LogP contribution in [0.2, 0.25) is 0 Å². The molecule has 3 atom stereocenters. The Balaban J connectivity index is 2.26. The fourth-order valence-electron chi connectivity index (χ4n) is 3.58. The van der Waals surface area contributed by atoms with E-state index in [1.54, 1.807) is 13.8 Å². The molecule has 2 rings (SSSR count). The van der Waals surface area contributed by atoms with Crippen molar-refractivity contribution in [2.45, 2.75) is 45.4 Å². The van der Waals surface area contributed by atoms with Gasteiger partial charge in [0.25, 0.3) is 0 Å². The minimum Gasteiger partial charge on any atom is -0.300 e. The van der Waals surface area contributed by atoms with Crippen LogP contribution in [0.5, 0.6) is 0 Å². The zero-order valence-corrected chi connectivity index (χ0v) is 11.8. The molecule has 1 saturated carbocycles. The molecule has 1 aromatic rings. The van der Waals surface area contributed by atoms with Gasteiger partial charge in [0.2, 0.25) is 0 Å². The number of hydrogen-bond acceptors (Lipinski definition) is 2. The largest absolute Gasteiger partial charge is 0.300 e. The van der Waals surface area contributed by atoms with Gasteiger partial charge < -0.3 is 4.79 Å². The molecule has 1 fully saturated rings. The van der Waals surface area contributed by atoms with Gasteiger partial charge in [-0.05, 0) is 44.1 Å². The first kappa shape index (κ1) is 14.0. The summed E-state index contributed by atoms with van der Waals surface area (Å²) >= 11 is 0. The maximum Gasteiger partial charge on any atom is 0.133 e. The molecule has 1 aromatic carbocycles. The zero-order chi connectivity index (χ0) is 13.8. The van der Waals surface area contributed by atoms with Gasteiger partial charge in [-0.2, -0.15) is 0 Å². The maximum absolute atomic E-state index is 12.1. The maximum atomic E-state index is 12.1. The minimum absolute atomic E-state index is 0.0139. The van der Waals surface area contributed by atoms with E-state index in [4.69, 9.17) is 0 Å². The number of carbonyl (C=O) groups is 2. The van der Waals surface area contributed by atoms with E-state index in [9.17, 15) is 9.59 Å². The third kappa shape index (κ3) is 3.31. The Hall–Kier alpha value is -1.44. The molecule has 1 aliphatic carbocycles. The van der Waals surface area contributed by atoms with Crippen molar-refractivity contribution in [3.05, 3.63) is 35.9 Å². The zero-order valence-electron chi connectivity index (χ0n) is 11.8. The second-order valence-electron chi connectivity index (χ2n) is 5.75. The first-order valence-electron chi connectivity index (χ1n) is 7.14. The second kappa shape index (κ2) is 6.14. The molecular weight excluding hydrogens is 236 g/mol. The fourth-order valence-corrected chi connectivity index (χ4v) is 3.58. The van der Waals surface area contributed by atoms with Crippen LogP contribution in [0.25, 0.3) is 0 Å². The lowest BCUT2D eigenvalue weighted by Crippen LogP contribution is -2.33. The van der Waals surface area contributed by atoms with Gasteiger partial charge in [-0.1, -0.05) is 36.8 Å². The van der Waals surface area contributed by atoms with Crippen molar-refractivity contribution in [2.24, 2.45) is 11.8 Å². The van der Waals surface area contributed by atoms with Crippen LogP contribution in [-0.4, -0.2) is 11.6 Å². The molecule has 2 heteroatoms. The van der Waals surface area contributed by atoms with E-state index in [1.165, 1.54) is 5.56 Å². The van der Waals surface area contributed by atoms with Gasteiger partial charge in [0, 0.05) is 12.3 Å². The molecule has 0 amide bonds. The lowest BCUT2D eigenvalue weighted by atomic mass is 9.66. The molecule has 0 heterocycles. The molecule has 2 nitrogen and oxygen atoms in total. The van der Waals surface area contributed by atoms with Crippen LogP contribution in [0, 0.1) is 11.8 Å². The average Bonchev–Trinajstić information content (AvgIpc) is 2.38. The summed E-state index contributed by atoms with van der Waals surface area (Å²) in [5.74, 6) is 0.968. The molecule has 0 bridgehead atoms. The topological polar surface area (TPSA) is 34.1 Å². The Morgan fingerprint density at radius 3 is 2.37 bits per heavy atom. The molecule has 19 heavy (non-hydrogen) atoms. The van der Waals surface area contributed by atoms with Crippen LogP contribution in [0.3, 0.4) is 0 Å². The van der Waals surface area contributed by atoms with Crippen LogP contribution in [-0.2, 0) is 9.59 Å². The summed E-state index contributed by atoms with van der Waals surface area (Å²) in [4.78, 5) is 23.5. The van der Waals surface area contributed by atoms with E-state index >= 15 is 0 Å². The van der Waals surface area contributed by atoms with Gasteiger partial charge in [-0.15, -0.1) is 0 Å². The van der Waals surface area contributed by atoms with Gasteiger partial charge in [0.15, 0.2) is 0 Å². The molecule has 0 spiro atoms. The highest BCUT2D eigenvalue weighted by Gasteiger charge is 2.37. The first-order chi connectivity index (χ1) is 9.09. The monoisotopic (exact) mass is 258 g/mol. The molecule has 102 valence electrons. The number of hydrogen-bond donors (Lipinski definition) is 0. The quantitative estimate of drug-likeness (QED) is 0.824. The Kier molecular flexibility index (Phi) is 4.52. The van der Waals surface area contributed by atoms with E-state index in [0.717, 1.165) is 19.3 Å². The summed E-state index contributed by atoms with van der Waals surface area (Å²) in [6.45, 7) is 3.31. The van der Waals surface area contributed by atoms with E-state index in [1.807, 2.05) is 18.2 Å². The van der Waals surface area contributed by atoms with Crippen LogP contribution in [0.4, 0.5) is 0 Å². The first-order valence-corrected chi connectivity index (χ1v) is 7.14. The van der Waals surface area contributed by atoms with Gasteiger partial charge in [0.05, 0.1) is 0 Å². The fraction of sp³-hybridized carbons (Fsp3) is 0.529. The van der Waals surface area contributed by atoms with Crippen molar-refractivity contribution < 1.29 is 9.59 Å². The minimum atomic E-state index is 0.0139. The van der Waals surface area contributed by atoms with E-state index in [2.05, 4.69) is 12.1 Å². The average molecular weight is 258 g/mol. The Morgan fingerprint density at radius 2 is 1.79 bits per heavy atom. The summed E-state index contributed by atoms with van der Waals surface area (Å²) in [5.41, 5.74) is 1.25. The van der Waals surface area contributed by atoms with Gasteiger partial charge in [-0.25, -0.2) is 0 Å². The molecule has 0 radical (unpaired) electrons. The van der Waals surface area contributed by atoms with Crippen LogP contribution >= 0.6 is 0 Å². The smallest absolute Gasteiger partial charge is 0.133 e. The lowest BCUT2D eigenvalue weighted by Gasteiger charge is -2.36. The second-order valence-corrected chi connectivity index (χ2v) is 5.75. The van der Waals surface area contributed by atoms with Crippen molar-refractivity contribution in [1.82, 2.24) is 0 Å². The van der Waals surface area contributed by atoms with E-state index in [-0.39, 0.29) is 29.3 Å².